The maximum atomic E-state index is 12.4. The average molecular weight is 249 g/mol. The van der Waals surface area contributed by atoms with Crippen LogP contribution in [0.5, 0.6) is 5.75 Å². The van der Waals surface area contributed by atoms with E-state index >= 15 is 0 Å². The third-order valence-electron chi connectivity index (χ3n) is 3.29. The Morgan fingerprint density at radius 1 is 1.44 bits per heavy atom. The first kappa shape index (κ1) is 12.9. The van der Waals surface area contributed by atoms with Gasteiger partial charge in [-0.15, -0.1) is 0 Å². The summed E-state index contributed by atoms with van der Waals surface area (Å²) in [7, 11) is 0. The molecule has 2 rings (SSSR count). The van der Waals surface area contributed by atoms with Crippen molar-refractivity contribution in [3.8, 4) is 5.75 Å². The number of carbonyl (C=O) groups excluding carboxylic acids is 1. The Hall–Kier alpha value is -1.55. The lowest BCUT2D eigenvalue weighted by molar-refractivity contribution is -0.125. The van der Waals surface area contributed by atoms with Crippen LogP contribution in [0.1, 0.15) is 19.8 Å². The summed E-state index contributed by atoms with van der Waals surface area (Å²) in [6.07, 6.45) is 1.57. The van der Waals surface area contributed by atoms with E-state index in [1.165, 1.54) is 0 Å². The third kappa shape index (κ3) is 2.82. The SMILES string of the molecule is CCN(C(=O)C1CCOCC1)c1cccc(O)c1. The van der Waals surface area contributed by atoms with E-state index in [9.17, 15) is 9.90 Å². The summed E-state index contributed by atoms with van der Waals surface area (Å²) in [6.45, 7) is 3.88. The highest BCUT2D eigenvalue weighted by Crippen LogP contribution is 2.24. The summed E-state index contributed by atoms with van der Waals surface area (Å²) in [5.74, 6) is 0.359. The number of phenols is 1. The van der Waals surface area contributed by atoms with Crippen LogP contribution in [-0.2, 0) is 9.53 Å². The van der Waals surface area contributed by atoms with Gasteiger partial charge in [0.2, 0.25) is 5.91 Å². The lowest BCUT2D eigenvalue weighted by Gasteiger charge is -2.28. The number of benzene rings is 1. The first-order chi connectivity index (χ1) is 8.72. The van der Waals surface area contributed by atoms with Crippen LogP contribution in [-0.4, -0.2) is 30.8 Å². The van der Waals surface area contributed by atoms with Gasteiger partial charge in [-0.3, -0.25) is 4.79 Å². The average Bonchev–Trinajstić information content (AvgIpc) is 2.40. The van der Waals surface area contributed by atoms with Gasteiger partial charge in [0.15, 0.2) is 0 Å². The predicted molar refractivity (Wildman–Crippen MR) is 69.7 cm³/mol. The van der Waals surface area contributed by atoms with Gasteiger partial charge < -0.3 is 14.7 Å². The Morgan fingerprint density at radius 3 is 2.78 bits per heavy atom. The predicted octanol–water partition coefficient (Wildman–Crippen LogP) is 2.17. The van der Waals surface area contributed by atoms with Crippen molar-refractivity contribution in [1.29, 1.82) is 0 Å². The second-order valence-corrected chi connectivity index (χ2v) is 4.49. The summed E-state index contributed by atoms with van der Waals surface area (Å²) in [4.78, 5) is 14.2. The zero-order valence-corrected chi connectivity index (χ0v) is 10.6. The largest absolute Gasteiger partial charge is 0.508 e. The van der Waals surface area contributed by atoms with Gasteiger partial charge in [0, 0.05) is 37.4 Å². The molecule has 4 nitrogen and oxygen atoms in total. The molecule has 1 aromatic carbocycles. The van der Waals surface area contributed by atoms with E-state index in [1.807, 2.05) is 13.0 Å². The fraction of sp³-hybridized carbons (Fsp3) is 0.500. The second-order valence-electron chi connectivity index (χ2n) is 4.49. The molecule has 0 aliphatic carbocycles. The Bertz CT molecular complexity index is 413. The van der Waals surface area contributed by atoms with E-state index in [1.54, 1.807) is 23.1 Å². The van der Waals surface area contributed by atoms with Crippen LogP contribution < -0.4 is 4.90 Å². The molecule has 1 aliphatic rings. The highest BCUT2D eigenvalue weighted by molar-refractivity contribution is 5.95. The van der Waals surface area contributed by atoms with Crippen molar-refractivity contribution in [3.05, 3.63) is 24.3 Å². The van der Waals surface area contributed by atoms with E-state index in [0.717, 1.165) is 18.5 Å². The summed E-state index contributed by atoms with van der Waals surface area (Å²) in [6, 6.07) is 6.84. The standard InChI is InChI=1S/C14H19NO3/c1-2-15(12-4-3-5-13(16)10-12)14(17)11-6-8-18-9-7-11/h3-5,10-11,16H,2,6-9H2,1H3. The van der Waals surface area contributed by atoms with Crippen molar-refractivity contribution in [2.75, 3.05) is 24.7 Å². The number of amides is 1. The van der Waals surface area contributed by atoms with Crippen LogP contribution in [0, 0.1) is 5.92 Å². The molecule has 0 aromatic heterocycles. The number of aromatic hydroxyl groups is 1. The van der Waals surface area contributed by atoms with Crippen LogP contribution >= 0.6 is 0 Å². The van der Waals surface area contributed by atoms with E-state index < -0.39 is 0 Å². The molecule has 0 atom stereocenters. The van der Waals surface area contributed by atoms with Gasteiger partial charge in [0.05, 0.1) is 0 Å². The molecule has 98 valence electrons. The van der Waals surface area contributed by atoms with E-state index in [4.69, 9.17) is 4.74 Å². The molecule has 0 spiro atoms. The molecule has 1 saturated heterocycles. The van der Waals surface area contributed by atoms with Crippen LogP contribution in [0.15, 0.2) is 24.3 Å². The summed E-state index contributed by atoms with van der Waals surface area (Å²) >= 11 is 0. The molecule has 4 heteroatoms. The number of ether oxygens (including phenoxy) is 1. The van der Waals surface area contributed by atoms with Crippen molar-refractivity contribution in [2.24, 2.45) is 5.92 Å². The van der Waals surface area contributed by atoms with Crippen LogP contribution in [0.25, 0.3) is 0 Å². The molecule has 1 aliphatic heterocycles. The molecule has 0 unspecified atom stereocenters. The fourth-order valence-corrected chi connectivity index (χ4v) is 2.29. The van der Waals surface area contributed by atoms with Gasteiger partial charge in [0.25, 0.3) is 0 Å². The number of carbonyl (C=O) groups is 1. The molecule has 1 N–H and O–H groups in total. The highest BCUT2D eigenvalue weighted by Gasteiger charge is 2.26. The summed E-state index contributed by atoms with van der Waals surface area (Å²) < 4.78 is 5.28. The molecule has 18 heavy (non-hydrogen) atoms. The number of nitrogens with zero attached hydrogens (tertiary/aromatic N) is 1. The summed E-state index contributed by atoms with van der Waals surface area (Å²) in [5, 5.41) is 9.49. The van der Waals surface area contributed by atoms with Crippen LogP contribution in [0.2, 0.25) is 0 Å². The van der Waals surface area contributed by atoms with Crippen molar-refractivity contribution >= 4 is 11.6 Å². The molecule has 1 amide bonds. The summed E-state index contributed by atoms with van der Waals surface area (Å²) in [5.41, 5.74) is 0.758. The minimum absolute atomic E-state index is 0.0426. The molecule has 0 saturated carbocycles. The van der Waals surface area contributed by atoms with Crippen molar-refractivity contribution in [3.63, 3.8) is 0 Å². The molecular weight excluding hydrogens is 230 g/mol. The first-order valence-corrected chi connectivity index (χ1v) is 6.40. The van der Waals surface area contributed by atoms with Gasteiger partial charge in [-0.2, -0.15) is 0 Å². The van der Waals surface area contributed by atoms with Gasteiger partial charge in [-0.25, -0.2) is 0 Å². The molecule has 1 fully saturated rings. The first-order valence-electron chi connectivity index (χ1n) is 6.40. The fourth-order valence-electron chi connectivity index (χ4n) is 2.29. The number of phenolic OH excluding ortho intramolecular Hbond substituents is 1. The third-order valence-corrected chi connectivity index (χ3v) is 3.29. The van der Waals surface area contributed by atoms with Crippen LogP contribution in [0.3, 0.4) is 0 Å². The Labute approximate surface area is 107 Å². The van der Waals surface area contributed by atoms with Gasteiger partial charge in [-0.05, 0) is 31.9 Å². The van der Waals surface area contributed by atoms with E-state index in [0.29, 0.717) is 19.8 Å². The lowest BCUT2D eigenvalue weighted by atomic mass is 9.98. The number of hydrogen-bond donors (Lipinski definition) is 1. The number of rotatable bonds is 3. The molecule has 1 heterocycles. The number of hydrogen-bond acceptors (Lipinski definition) is 3. The molecule has 0 bridgehead atoms. The Kier molecular flexibility index (Phi) is 4.20. The van der Waals surface area contributed by atoms with E-state index in [2.05, 4.69) is 0 Å². The molecular formula is C14H19NO3. The normalized spacial score (nSPS) is 16.5. The molecule has 0 radical (unpaired) electrons. The Morgan fingerprint density at radius 2 is 2.17 bits per heavy atom. The molecule has 1 aromatic rings. The smallest absolute Gasteiger partial charge is 0.230 e. The van der Waals surface area contributed by atoms with Gasteiger partial charge in [-0.1, -0.05) is 6.07 Å². The Balaban J connectivity index is 2.14. The topological polar surface area (TPSA) is 49.8 Å². The zero-order valence-electron chi connectivity index (χ0n) is 10.6. The zero-order chi connectivity index (χ0) is 13.0. The highest BCUT2D eigenvalue weighted by atomic mass is 16.5. The van der Waals surface area contributed by atoms with Gasteiger partial charge >= 0.3 is 0 Å². The van der Waals surface area contributed by atoms with Crippen molar-refractivity contribution in [2.45, 2.75) is 19.8 Å². The lowest BCUT2D eigenvalue weighted by Crippen LogP contribution is -2.38. The number of anilines is 1. The van der Waals surface area contributed by atoms with Crippen molar-refractivity contribution in [1.82, 2.24) is 0 Å². The quantitative estimate of drug-likeness (QED) is 0.893. The monoisotopic (exact) mass is 249 g/mol. The van der Waals surface area contributed by atoms with Gasteiger partial charge in [0.1, 0.15) is 5.75 Å². The van der Waals surface area contributed by atoms with E-state index in [-0.39, 0.29) is 17.6 Å². The minimum Gasteiger partial charge on any atom is -0.508 e. The second kappa shape index (κ2) is 5.87. The maximum absolute atomic E-state index is 12.4. The van der Waals surface area contributed by atoms with Crippen LogP contribution in [0.4, 0.5) is 5.69 Å². The maximum Gasteiger partial charge on any atom is 0.230 e. The minimum atomic E-state index is 0.0426. The van der Waals surface area contributed by atoms with Crippen molar-refractivity contribution < 1.29 is 14.6 Å².